The molecule has 0 N–H and O–H groups in total. The Labute approximate surface area is 194 Å². The van der Waals surface area contributed by atoms with E-state index in [4.69, 9.17) is 4.98 Å². The van der Waals surface area contributed by atoms with E-state index >= 15 is 0 Å². The topological polar surface area (TPSA) is 38.7 Å². The maximum Gasteiger partial charge on any atom is 0.161 e. The van der Waals surface area contributed by atoms with Crippen LogP contribution in [0.15, 0.2) is 80.0 Å². The van der Waals surface area contributed by atoms with Crippen molar-refractivity contribution < 1.29 is 0 Å². The van der Waals surface area contributed by atoms with Crippen LogP contribution in [0, 0.1) is 5.92 Å². The first-order chi connectivity index (χ1) is 16.1. The molecule has 4 aliphatic rings. The number of para-hydroxylation sites is 2. The van der Waals surface area contributed by atoms with E-state index in [0.29, 0.717) is 5.92 Å². The maximum atomic E-state index is 4.74. The summed E-state index contributed by atoms with van der Waals surface area (Å²) in [6.45, 7) is 4.58. The third-order valence-electron chi connectivity index (χ3n) is 7.89. The van der Waals surface area contributed by atoms with E-state index in [1.807, 2.05) is 6.20 Å². The number of fused-ring (bicyclic) bond motifs is 12. The molecule has 0 bridgehead atoms. The van der Waals surface area contributed by atoms with E-state index in [1.54, 1.807) is 6.33 Å². The summed E-state index contributed by atoms with van der Waals surface area (Å²) in [5.41, 5.74) is 7.38. The minimum Gasteiger partial charge on any atom is -0.358 e. The van der Waals surface area contributed by atoms with Crippen LogP contribution >= 0.6 is 0 Å². The third kappa shape index (κ3) is 2.38. The zero-order valence-corrected chi connectivity index (χ0v) is 18.8. The van der Waals surface area contributed by atoms with E-state index in [9.17, 15) is 0 Å². The summed E-state index contributed by atoms with van der Waals surface area (Å²) in [5, 5.41) is 0. The Morgan fingerprint density at radius 1 is 0.909 bits per heavy atom. The van der Waals surface area contributed by atoms with E-state index < -0.39 is 0 Å². The van der Waals surface area contributed by atoms with Gasteiger partial charge in [-0.15, -0.1) is 0 Å². The van der Waals surface area contributed by atoms with Crippen LogP contribution in [-0.4, -0.2) is 41.3 Å². The van der Waals surface area contributed by atoms with Crippen molar-refractivity contribution in [3.05, 3.63) is 91.2 Å². The van der Waals surface area contributed by atoms with Crippen molar-refractivity contribution in [1.29, 1.82) is 0 Å². The lowest BCUT2D eigenvalue weighted by Gasteiger charge is -2.52. The molecule has 0 fully saturated rings. The smallest absolute Gasteiger partial charge is 0.161 e. The number of rotatable bonds is 0. The van der Waals surface area contributed by atoms with Gasteiger partial charge >= 0.3 is 0 Å². The predicted octanol–water partition coefficient (Wildman–Crippen LogP) is 4.77. The number of nitrogens with zero attached hydrogens (tertiary/aromatic N) is 6. The molecule has 0 saturated carbocycles. The van der Waals surface area contributed by atoms with Gasteiger partial charge < -0.3 is 19.6 Å². The van der Waals surface area contributed by atoms with E-state index in [2.05, 4.69) is 106 Å². The molecule has 4 unspecified atom stereocenters. The molecule has 1 aromatic heterocycles. The molecular weight excluding hydrogens is 408 g/mol. The number of allylic oxidation sites excluding steroid dienone is 1. The number of anilines is 4. The first-order valence-electron chi connectivity index (χ1n) is 11.5. The van der Waals surface area contributed by atoms with Crippen LogP contribution in [0.2, 0.25) is 0 Å². The summed E-state index contributed by atoms with van der Waals surface area (Å²) in [6, 6.07) is 17.5. The van der Waals surface area contributed by atoms with E-state index in [0.717, 1.165) is 17.9 Å². The second kappa shape index (κ2) is 6.61. The fraction of sp³-hybridized carbons (Fsp3) is 0.259. The van der Waals surface area contributed by atoms with Crippen LogP contribution in [-0.2, 0) is 0 Å². The SMILES string of the molecule is C=C1CC2c3ccccc3N3c4ncncc4N(C)C3C2C2N(C)C=CN2c2ccccc21. The molecule has 0 aliphatic carbocycles. The molecule has 5 heterocycles. The number of hydrogen-bond acceptors (Lipinski definition) is 6. The van der Waals surface area contributed by atoms with Gasteiger partial charge in [0.25, 0.3) is 0 Å². The molecule has 4 aliphatic heterocycles. The summed E-state index contributed by atoms with van der Waals surface area (Å²) in [7, 11) is 4.39. The van der Waals surface area contributed by atoms with Crippen LogP contribution in [0.25, 0.3) is 5.57 Å². The highest BCUT2D eigenvalue weighted by Gasteiger charge is 2.54. The minimum absolute atomic E-state index is 0.129. The molecule has 33 heavy (non-hydrogen) atoms. The molecule has 4 atom stereocenters. The second-order valence-electron chi connectivity index (χ2n) is 9.48. The lowest BCUT2D eigenvalue weighted by molar-refractivity contribution is 0.186. The molecule has 164 valence electrons. The predicted molar refractivity (Wildman–Crippen MR) is 132 cm³/mol. The lowest BCUT2D eigenvalue weighted by Crippen LogP contribution is -2.59. The summed E-state index contributed by atoms with van der Waals surface area (Å²) in [4.78, 5) is 18.7. The van der Waals surface area contributed by atoms with Crippen molar-refractivity contribution in [2.24, 2.45) is 5.92 Å². The van der Waals surface area contributed by atoms with Gasteiger partial charge in [-0.3, -0.25) is 0 Å². The molecule has 6 heteroatoms. The fourth-order valence-electron chi connectivity index (χ4n) is 6.52. The second-order valence-corrected chi connectivity index (χ2v) is 9.48. The largest absolute Gasteiger partial charge is 0.358 e. The first-order valence-corrected chi connectivity index (χ1v) is 11.5. The molecule has 2 aromatic carbocycles. The summed E-state index contributed by atoms with van der Waals surface area (Å²) < 4.78 is 0. The highest BCUT2D eigenvalue weighted by atomic mass is 15.5. The van der Waals surface area contributed by atoms with Crippen molar-refractivity contribution in [1.82, 2.24) is 14.9 Å². The molecule has 7 rings (SSSR count). The highest BCUT2D eigenvalue weighted by Crippen LogP contribution is 2.57. The normalized spacial score (nSPS) is 26.7. The van der Waals surface area contributed by atoms with Gasteiger partial charge in [-0.25, -0.2) is 9.97 Å². The van der Waals surface area contributed by atoms with Gasteiger partial charge in [0.15, 0.2) is 5.82 Å². The van der Waals surface area contributed by atoms with Crippen LogP contribution in [0.5, 0.6) is 0 Å². The molecule has 0 saturated heterocycles. The fourth-order valence-corrected chi connectivity index (χ4v) is 6.52. The Morgan fingerprint density at radius 2 is 1.70 bits per heavy atom. The maximum absolute atomic E-state index is 4.74. The summed E-state index contributed by atoms with van der Waals surface area (Å²) in [6.07, 6.45) is 9.28. The van der Waals surface area contributed by atoms with Crippen LogP contribution in [0.3, 0.4) is 0 Å². The summed E-state index contributed by atoms with van der Waals surface area (Å²) >= 11 is 0. The quantitative estimate of drug-likeness (QED) is 0.508. The van der Waals surface area contributed by atoms with Gasteiger partial charge in [-0.2, -0.15) is 0 Å². The van der Waals surface area contributed by atoms with Crippen LogP contribution in [0.4, 0.5) is 22.9 Å². The van der Waals surface area contributed by atoms with Crippen molar-refractivity contribution in [3.8, 4) is 0 Å². The number of benzene rings is 2. The standard InChI is InChI=1S/C27H26N6/c1-17-14-20-19-9-5-7-11-22(19)33-25-23(15-28-16-29-25)31(3)27(33)24(20)26-30(2)12-13-32(26)21-10-6-4-8-18(17)21/h4-13,15-16,20,24,26-27H,1,14H2,2-3H3. The van der Waals surface area contributed by atoms with E-state index in [1.165, 1.54) is 28.1 Å². The Kier molecular flexibility index (Phi) is 3.75. The van der Waals surface area contributed by atoms with Gasteiger partial charge in [0, 0.05) is 49.6 Å². The number of aromatic nitrogens is 2. The molecule has 3 aromatic rings. The van der Waals surface area contributed by atoms with Crippen molar-refractivity contribution in [2.75, 3.05) is 28.8 Å². The first kappa shape index (κ1) is 18.7. The van der Waals surface area contributed by atoms with E-state index in [-0.39, 0.29) is 18.2 Å². The molecule has 0 spiro atoms. The number of hydrogen-bond donors (Lipinski definition) is 0. The molecule has 0 radical (unpaired) electrons. The van der Waals surface area contributed by atoms with Gasteiger partial charge in [0.1, 0.15) is 24.3 Å². The Balaban J connectivity index is 1.50. The highest BCUT2D eigenvalue weighted by molar-refractivity contribution is 5.84. The van der Waals surface area contributed by atoms with Crippen LogP contribution < -0.4 is 14.7 Å². The van der Waals surface area contributed by atoms with Gasteiger partial charge in [-0.05, 0) is 29.7 Å². The summed E-state index contributed by atoms with van der Waals surface area (Å²) in [5.74, 6) is 1.59. The average Bonchev–Trinajstić information content (AvgIpc) is 3.36. The van der Waals surface area contributed by atoms with Crippen molar-refractivity contribution in [3.63, 3.8) is 0 Å². The molecule has 6 nitrogen and oxygen atoms in total. The van der Waals surface area contributed by atoms with Crippen LogP contribution in [0.1, 0.15) is 23.5 Å². The monoisotopic (exact) mass is 434 g/mol. The Bertz CT molecular complexity index is 1320. The Morgan fingerprint density at radius 3 is 2.58 bits per heavy atom. The van der Waals surface area contributed by atoms with Crippen molar-refractivity contribution >= 4 is 28.5 Å². The third-order valence-corrected chi connectivity index (χ3v) is 7.89. The van der Waals surface area contributed by atoms with Gasteiger partial charge in [0.05, 0.1) is 11.9 Å². The van der Waals surface area contributed by atoms with Gasteiger partial charge in [-0.1, -0.05) is 43.0 Å². The zero-order chi connectivity index (χ0) is 22.3. The van der Waals surface area contributed by atoms with Gasteiger partial charge in [0.2, 0.25) is 0 Å². The van der Waals surface area contributed by atoms with Crippen molar-refractivity contribution in [2.45, 2.75) is 24.7 Å². The average molecular weight is 435 g/mol. The minimum atomic E-state index is 0.129. The molecule has 0 amide bonds. The lowest BCUT2D eigenvalue weighted by atomic mass is 9.72. The molecular formula is C27H26N6. The zero-order valence-electron chi connectivity index (χ0n) is 18.8. The Hall–Kier alpha value is -3.80.